The molecular weight excluding hydrogens is 454 g/mol. The molecule has 0 saturated carbocycles. The second-order valence-electron chi connectivity index (χ2n) is 7.83. The maximum atomic E-state index is 13.5. The molecule has 34 heavy (non-hydrogen) atoms. The van der Waals surface area contributed by atoms with Crippen LogP contribution in [0.2, 0.25) is 0 Å². The molecule has 10 heteroatoms. The van der Waals surface area contributed by atoms with E-state index in [2.05, 4.69) is 10.4 Å². The zero-order valence-electron chi connectivity index (χ0n) is 19.2. The van der Waals surface area contributed by atoms with E-state index in [1.807, 2.05) is 0 Å². The van der Waals surface area contributed by atoms with Crippen LogP contribution >= 0.6 is 0 Å². The number of hydrogen-bond acceptors (Lipinski definition) is 4. The van der Waals surface area contributed by atoms with E-state index in [-0.39, 0.29) is 6.42 Å². The standard InChI is InChI=1S/C24H27F4N3O3/c1-14(25)11-18(8-6-10-21(32)33)15(2)29-23(34)22-16(3)31(4)30-20(22)13-17-7-5-9-19(12-17)24(26,27)28/h5-12,15,23,29,34H,13H2,1-4H3,(H,32,33)/b10-6+,14-11+,18-8+. The van der Waals surface area contributed by atoms with Gasteiger partial charge in [-0.25, -0.2) is 9.18 Å². The smallest absolute Gasteiger partial charge is 0.416 e. The van der Waals surface area contributed by atoms with Crippen molar-refractivity contribution in [2.24, 2.45) is 7.05 Å². The number of alkyl halides is 3. The van der Waals surface area contributed by atoms with Crippen molar-refractivity contribution in [1.82, 2.24) is 15.1 Å². The first-order valence-corrected chi connectivity index (χ1v) is 10.4. The number of aliphatic hydroxyl groups excluding tert-OH is 1. The number of carboxylic acids is 1. The lowest BCUT2D eigenvalue weighted by Gasteiger charge is -2.21. The summed E-state index contributed by atoms with van der Waals surface area (Å²) in [5.41, 5.74) is 1.36. The summed E-state index contributed by atoms with van der Waals surface area (Å²) >= 11 is 0. The average molecular weight is 481 g/mol. The number of benzene rings is 1. The van der Waals surface area contributed by atoms with Crippen LogP contribution in [0.1, 0.15) is 48.2 Å². The highest BCUT2D eigenvalue weighted by molar-refractivity contribution is 5.80. The Morgan fingerprint density at radius 3 is 2.59 bits per heavy atom. The molecular formula is C24H27F4N3O3. The first kappa shape index (κ1) is 27.0. The molecule has 1 aromatic carbocycles. The lowest BCUT2D eigenvalue weighted by molar-refractivity contribution is -0.137. The van der Waals surface area contributed by atoms with E-state index in [9.17, 15) is 27.5 Å². The van der Waals surface area contributed by atoms with Gasteiger partial charge in [-0.1, -0.05) is 30.4 Å². The van der Waals surface area contributed by atoms with Crippen molar-refractivity contribution in [2.75, 3.05) is 0 Å². The maximum absolute atomic E-state index is 13.5. The Bertz CT molecular complexity index is 1110. The Morgan fingerprint density at radius 2 is 2.00 bits per heavy atom. The third-order valence-corrected chi connectivity index (χ3v) is 5.16. The van der Waals surface area contributed by atoms with Crippen LogP contribution in [0.15, 0.2) is 60.0 Å². The topological polar surface area (TPSA) is 87.4 Å². The summed E-state index contributed by atoms with van der Waals surface area (Å²) in [5.74, 6) is -1.68. The summed E-state index contributed by atoms with van der Waals surface area (Å²) in [4.78, 5) is 10.7. The fraction of sp³-hybridized carbons (Fsp3) is 0.333. The van der Waals surface area contributed by atoms with Crippen LogP contribution < -0.4 is 5.32 Å². The molecule has 0 saturated heterocycles. The first-order valence-electron chi connectivity index (χ1n) is 10.4. The maximum Gasteiger partial charge on any atom is 0.416 e. The van der Waals surface area contributed by atoms with Crippen LogP contribution in [0.25, 0.3) is 0 Å². The largest absolute Gasteiger partial charge is 0.478 e. The fourth-order valence-corrected chi connectivity index (χ4v) is 3.44. The molecule has 0 aliphatic heterocycles. The Morgan fingerprint density at radius 1 is 1.32 bits per heavy atom. The minimum Gasteiger partial charge on any atom is -0.478 e. The molecule has 2 aromatic rings. The fourth-order valence-electron chi connectivity index (χ4n) is 3.44. The number of halogens is 4. The Labute approximate surface area is 194 Å². The highest BCUT2D eigenvalue weighted by atomic mass is 19.4. The van der Waals surface area contributed by atoms with Crippen molar-refractivity contribution in [1.29, 1.82) is 0 Å². The second kappa shape index (κ2) is 11.3. The van der Waals surface area contributed by atoms with E-state index >= 15 is 0 Å². The van der Waals surface area contributed by atoms with E-state index < -0.39 is 35.8 Å². The average Bonchev–Trinajstić information content (AvgIpc) is 2.99. The predicted molar refractivity (Wildman–Crippen MR) is 119 cm³/mol. The lowest BCUT2D eigenvalue weighted by Crippen LogP contribution is -2.32. The number of nitrogens with zero attached hydrogens (tertiary/aromatic N) is 2. The van der Waals surface area contributed by atoms with Gasteiger partial charge >= 0.3 is 12.1 Å². The van der Waals surface area contributed by atoms with Crippen molar-refractivity contribution in [3.05, 3.63) is 88.0 Å². The van der Waals surface area contributed by atoms with Crippen LogP contribution in [0.3, 0.4) is 0 Å². The zero-order valence-corrected chi connectivity index (χ0v) is 19.2. The molecule has 184 valence electrons. The van der Waals surface area contributed by atoms with Crippen LogP contribution in [-0.2, 0) is 24.4 Å². The molecule has 6 nitrogen and oxygen atoms in total. The van der Waals surface area contributed by atoms with E-state index in [4.69, 9.17) is 5.11 Å². The molecule has 0 fully saturated rings. The van der Waals surface area contributed by atoms with Crippen LogP contribution in [-0.4, -0.2) is 32.0 Å². The quantitative estimate of drug-likeness (QED) is 0.208. The SMILES string of the molecule is C\C(F)=C/C(=C\C=C\C(=O)O)C(C)NC(O)c1c(Cc2cccc(C(F)(F)F)c2)nn(C)c1C. The number of hydrogen-bond donors (Lipinski definition) is 3. The van der Waals surface area contributed by atoms with Crippen LogP contribution in [0.5, 0.6) is 0 Å². The van der Waals surface area contributed by atoms with Gasteiger partial charge in [0.25, 0.3) is 0 Å². The van der Waals surface area contributed by atoms with E-state index in [0.717, 1.165) is 18.2 Å². The molecule has 0 aliphatic carbocycles. The van der Waals surface area contributed by atoms with Gasteiger partial charge in [0, 0.05) is 36.8 Å². The van der Waals surface area contributed by atoms with Crippen LogP contribution in [0, 0.1) is 6.92 Å². The van der Waals surface area contributed by atoms with Gasteiger partial charge in [0.15, 0.2) is 0 Å². The highest BCUT2D eigenvalue weighted by Gasteiger charge is 2.30. The van der Waals surface area contributed by atoms with Gasteiger partial charge in [-0.05, 0) is 44.1 Å². The minimum absolute atomic E-state index is 0.0571. The number of carbonyl (C=O) groups is 1. The number of nitrogens with one attached hydrogen (secondary N) is 1. The molecule has 1 heterocycles. The molecule has 3 N–H and O–H groups in total. The van der Waals surface area contributed by atoms with Crippen molar-refractivity contribution in [3.8, 4) is 0 Å². The number of aliphatic carboxylic acids is 1. The first-order chi connectivity index (χ1) is 15.8. The van der Waals surface area contributed by atoms with Gasteiger partial charge in [0.2, 0.25) is 0 Å². The number of aryl methyl sites for hydroxylation is 1. The van der Waals surface area contributed by atoms with E-state index in [1.165, 1.54) is 35.9 Å². The molecule has 0 bridgehead atoms. The van der Waals surface area contributed by atoms with Crippen molar-refractivity contribution in [3.63, 3.8) is 0 Å². The lowest BCUT2D eigenvalue weighted by atomic mass is 10.0. The van der Waals surface area contributed by atoms with Gasteiger partial charge < -0.3 is 10.2 Å². The van der Waals surface area contributed by atoms with Crippen molar-refractivity contribution in [2.45, 2.75) is 45.6 Å². The summed E-state index contributed by atoms with van der Waals surface area (Å²) in [6.07, 6.45) is -0.947. The molecule has 1 aromatic heterocycles. The van der Waals surface area contributed by atoms with Gasteiger partial charge in [-0.15, -0.1) is 0 Å². The summed E-state index contributed by atoms with van der Waals surface area (Å²) < 4.78 is 54.3. The Kier molecular flexibility index (Phi) is 8.94. The zero-order chi connectivity index (χ0) is 25.6. The summed E-state index contributed by atoms with van der Waals surface area (Å²) in [6.45, 7) is 4.60. The summed E-state index contributed by atoms with van der Waals surface area (Å²) in [5, 5.41) is 27.0. The monoisotopic (exact) mass is 481 g/mol. The number of rotatable bonds is 9. The van der Waals surface area contributed by atoms with Gasteiger partial charge in [-0.3, -0.25) is 10.00 Å². The van der Waals surface area contributed by atoms with E-state index in [0.29, 0.717) is 28.1 Å². The van der Waals surface area contributed by atoms with Crippen molar-refractivity contribution >= 4 is 5.97 Å². The van der Waals surface area contributed by atoms with Crippen LogP contribution in [0.4, 0.5) is 17.6 Å². The highest BCUT2D eigenvalue weighted by Crippen LogP contribution is 2.31. The summed E-state index contributed by atoms with van der Waals surface area (Å²) in [6, 6.07) is 4.29. The molecule has 2 unspecified atom stereocenters. The third kappa shape index (κ3) is 7.39. The molecule has 2 rings (SSSR count). The molecule has 0 aliphatic rings. The number of allylic oxidation sites excluding steroid dienone is 3. The van der Waals surface area contributed by atoms with Crippen molar-refractivity contribution < 1.29 is 32.6 Å². The van der Waals surface area contributed by atoms with Gasteiger partial charge in [-0.2, -0.15) is 18.3 Å². The number of aliphatic hydroxyl groups is 1. The third-order valence-electron chi connectivity index (χ3n) is 5.16. The van der Waals surface area contributed by atoms with E-state index in [1.54, 1.807) is 27.0 Å². The molecule has 2 atom stereocenters. The normalized spacial score (nSPS) is 15.1. The van der Waals surface area contributed by atoms with Gasteiger partial charge in [0.1, 0.15) is 6.23 Å². The second-order valence-corrected chi connectivity index (χ2v) is 7.83. The van der Waals surface area contributed by atoms with Gasteiger partial charge in [0.05, 0.1) is 17.1 Å². The molecule has 0 amide bonds. The minimum atomic E-state index is -4.48. The Balaban J connectivity index is 2.33. The molecule has 0 radical (unpaired) electrons. The Hall–Kier alpha value is -3.24. The molecule has 0 spiro atoms. The predicted octanol–water partition coefficient (Wildman–Crippen LogP) is 4.75. The number of carboxylic acid groups (broad SMARTS) is 1. The number of aromatic nitrogens is 2. The summed E-state index contributed by atoms with van der Waals surface area (Å²) in [7, 11) is 1.65.